The van der Waals surface area contributed by atoms with Gasteiger partial charge in [-0.2, -0.15) is 0 Å². The summed E-state index contributed by atoms with van der Waals surface area (Å²) >= 11 is 5.54. The van der Waals surface area contributed by atoms with Gasteiger partial charge < -0.3 is 26.4 Å². The summed E-state index contributed by atoms with van der Waals surface area (Å²) in [6.45, 7) is 1.58. The van der Waals surface area contributed by atoms with Gasteiger partial charge in [-0.1, -0.05) is 0 Å². The molecule has 0 unspecified atom stereocenters. The summed E-state index contributed by atoms with van der Waals surface area (Å²) in [6, 6.07) is 8.64. The van der Waals surface area contributed by atoms with Crippen LogP contribution in [0.1, 0.15) is 26.3 Å². The summed E-state index contributed by atoms with van der Waals surface area (Å²) in [7, 11) is 0. The number of hydrogen-bond donors (Lipinski definition) is 5. The van der Waals surface area contributed by atoms with E-state index in [-0.39, 0.29) is 40.4 Å². The van der Waals surface area contributed by atoms with Crippen molar-refractivity contribution in [2.45, 2.75) is 6.92 Å². The van der Waals surface area contributed by atoms with E-state index in [4.69, 9.17) is 11.6 Å². The van der Waals surface area contributed by atoms with Gasteiger partial charge in [0.1, 0.15) is 22.9 Å². The van der Waals surface area contributed by atoms with E-state index in [0.29, 0.717) is 22.5 Å². The molecule has 0 radical (unpaired) electrons. The number of benzene rings is 2. The number of rotatable bonds is 4. The van der Waals surface area contributed by atoms with Gasteiger partial charge in [0.25, 0.3) is 11.8 Å². The Morgan fingerprint density at radius 2 is 1.97 bits per heavy atom. The largest absolute Gasteiger partial charge is 0.508 e. The van der Waals surface area contributed by atoms with Crippen molar-refractivity contribution in [1.82, 2.24) is 10.3 Å². The highest BCUT2D eigenvalue weighted by Crippen LogP contribution is 2.36. The number of halogens is 2. The molecule has 2 amide bonds. The maximum Gasteiger partial charge on any atom is 0.261 e. The Hall–Kier alpha value is -3.85. The molecule has 31 heavy (non-hydrogen) atoms. The molecule has 2 heterocycles. The Labute approximate surface area is 181 Å². The number of carbonyl (C=O) groups is 2. The van der Waals surface area contributed by atoms with Crippen molar-refractivity contribution in [2.24, 2.45) is 0 Å². The number of nitrogens with zero attached hydrogens (tertiary/aromatic N) is 1. The minimum absolute atomic E-state index is 0.00564. The van der Waals surface area contributed by atoms with Gasteiger partial charge in [0, 0.05) is 17.8 Å². The van der Waals surface area contributed by atoms with E-state index in [1.807, 2.05) is 0 Å². The van der Waals surface area contributed by atoms with Gasteiger partial charge in [0.05, 0.1) is 28.8 Å². The predicted octanol–water partition coefficient (Wildman–Crippen LogP) is 4.21. The van der Waals surface area contributed by atoms with Crippen molar-refractivity contribution in [3.05, 3.63) is 65.1 Å². The van der Waals surface area contributed by atoms with E-state index < -0.39 is 11.7 Å². The van der Waals surface area contributed by atoms with Crippen LogP contribution >= 0.6 is 11.6 Å². The van der Waals surface area contributed by atoms with E-state index >= 15 is 0 Å². The zero-order valence-corrected chi connectivity index (χ0v) is 17.0. The van der Waals surface area contributed by atoms with Crippen LogP contribution in [-0.2, 0) is 0 Å². The lowest BCUT2D eigenvalue weighted by atomic mass is 10.1. The maximum absolute atomic E-state index is 14.4. The third-order valence-electron chi connectivity index (χ3n) is 4.74. The number of amides is 2. The molecule has 10 heteroatoms. The zero-order valence-electron chi connectivity index (χ0n) is 16.2. The molecule has 4 rings (SSSR count). The molecule has 3 aromatic rings. The highest BCUT2D eigenvalue weighted by Gasteiger charge is 2.25. The minimum Gasteiger partial charge on any atom is -0.508 e. The van der Waals surface area contributed by atoms with Crippen LogP contribution in [0.25, 0.3) is 0 Å². The Bertz CT molecular complexity index is 1220. The highest BCUT2D eigenvalue weighted by molar-refractivity contribution is 6.19. The van der Waals surface area contributed by atoms with Crippen molar-refractivity contribution < 1.29 is 19.1 Å². The number of aromatic nitrogens is 1. The number of carbonyl (C=O) groups excluding carboxylic acids is 2. The number of aromatic hydroxyl groups is 1. The van der Waals surface area contributed by atoms with E-state index in [0.717, 1.165) is 0 Å². The van der Waals surface area contributed by atoms with Crippen molar-refractivity contribution >= 4 is 52.0 Å². The highest BCUT2D eigenvalue weighted by atomic mass is 35.5. The molecule has 1 aliphatic heterocycles. The number of fused-ring (bicyclic) bond motifs is 2. The van der Waals surface area contributed by atoms with Crippen molar-refractivity contribution in [1.29, 1.82) is 0 Å². The topological polar surface area (TPSA) is 115 Å². The summed E-state index contributed by atoms with van der Waals surface area (Å²) in [5.74, 6) is -1.31. The molecule has 1 aromatic heterocycles. The molecule has 0 saturated carbocycles. The third kappa shape index (κ3) is 3.95. The van der Waals surface area contributed by atoms with Crippen LogP contribution in [0.2, 0.25) is 0 Å². The first-order valence-electron chi connectivity index (χ1n) is 9.19. The van der Waals surface area contributed by atoms with E-state index in [9.17, 15) is 19.1 Å². The first kappa shape index (κ1) is 20.4. The molecule has 0 aliphatic carbocycles. The molecule has 0 saturated heterocycles. The second kappa shape index (κ2) is 8.11. The molecule has 0 fully saturated rings. The Balaban J connectivity index is 1.71. The summed E-state index contributed by atoms with van der Waals surface area (Å²) in [5.41, 5.74) is 2.03. The van der Waals surface area contributed by atoms with Crippen LogP contribution in [0.4, 0.5) is 33.0 Å². The summed E-state index contributed by atoms with van der Waals surface area (Å²) in [5, 5.41) is 21.0. The zero-order chi connectivity index (χ0) is 22.1. The standard InChI is InChI=1S/C21H17ClFN5O3/c1-10-6-12(23)15(8-17(10)29)26-14-4-5-24-19-18(14)21(31)28-16-7-11(20(30)25-9-22)2-3-13(16)27-19/h2-8,29H,9H2,1H3,(H,25,30)(H,28,31)(H2,24,26,27). The number of phenolic OH excluding ortho intramolecular Hbond substituents is 1. The van der Waals surface area contributed by atoms with Gasteiger partial charge in [-0.3, -0.25) is 9.59 Å². The van der Waals surface area contributed by atoms with Crippen molar-refractivity contribution in [3.63, 3.8) is 0 Å². The third-order valence-corrected chi connectivity index (χ3v) is 4.88. The lowest BCUT2D eigenvalue weighted by molar-refractivity contribution is 0.0959. The Kier molecular flexibility index (Phi) is 5.35. The van der Waals surface area contributed by atoms with Gasteiger partial charge in [-0.25, -0.2) is 9.37 Å². The van der Waals surface area contributed by atoms with Crippen LogP contribution in [-0.4, -0.2) is 27.9 Å². The smallest absolute Gasteiger partial charge is 0.261 e. The van der Waals surface area contributed by atoms with E-state index in [1.165, 1.54) is 30.5 Å². The molecule has 5 N–H and O–H groups in total. The fourth-order valence-corrected chi connectivity index (χ4v) is 3.29. The maximum atomic E-state index is 14.4. The number of anilines is 5. The molecule has 0 spiro atoms. The van der Waals surface area contributed by atoms with Crippen LogP contribution in [0.5, 0.6) is 5.75 Å². The average molecular weight is 442 g/mol. The van der Waals surface area contributed by atoms with Gasteiger partial charge in [0.2, 0.25) is 0 Å². The molecule has 2 aromatic carbocycles. The summed E-state index contributed by atoms with van der Waals surface area (Å²) in [4.78, 5) is 29.3. The van der Waals surface area contributed by atoms with Gasteiger partial charge >= 0.3 is 0 Å². The number of nitrogens with one attached hydrogen (secondary N) is 4. The first-order valence-corrected chi connectivity index (χ1v) is 9.72. The second-order valence-corrected chi connectivity index (χ2v) is 7.07. The molecule has 8 nitrogen and oxygen atoms in total. The number of aryl methyl sites for hydroxylation is 1. The number of phenols is 1. The SMILES string of the molecule is Cc1cc(F)c(Nc2ccnc3c2C(=O)Nc2cc(C(=O)NCCl)ccc2N3)cc1O. The molecule has 0 bridgehead atoms. The van der Waals surface area contributed by atoms with Crippen LogP contribution in [0.3, 0.4) is 0 Å². The summed E-state index contributed by atoms with van der Waals surface area (Å²) < 4.78 is 14.4. The van der Waals surface area contributed by atoms with E-state index in [2.05, 4.69) is 26.3 Å². The second-order valence-electron chi connectivity index (χ2n) is 6.80. The van der Waals surface area contributed by atoms with Crippen molar-refractivity contribution in [3.8, 4) is 5.75 Å². The van der Waals surface area contributed by atoms with Gasteiger partial charge in [-0.05, 0) is 42.8 Å². The first-order chi connectivity index (χ1) is 14.9. The minimum atomic E-state index is -0.582. The quantitative estimate of drug-likeness (QED) is 0.306. The Morgan fingerprint density at radius 3 is 2.74 bits per heavy atom. The molecule has 1 aliphatic rings. The number of alkyl halides is 1. The normalized spacial score (nSPS) is 12.0. The molecule has 0 atom stereocenters. The van der Waals surface area contributed by atoms with Gasteiger partial charge in [0.15, 0.2) is 0 Å². The van der Waals surface area contributed by atoms with Gasteiger partial charge in [-0.15, -0.1) is 11.6 Å². The molecular weight excluding hydrogens is 425 g/mol. The lowest BCUT2D eigenvalue weighted by Crippen LogP contribution is -2.21. The average Bonchev–Trinajstić information content (AvgIpc) is 2.87. The van der Waals surface area contributed by atoms with Crippen molar-refractivity contribution in [2.75, 3.05) is 22.0 Å². The van der Waals surface area contributed by atoms with E-state index in [1.54, 1.807) is 19.1 Å². The van der Waals surface area contributed by atoms with Crippen LogP contribution < -0.4 is 21.3 Å². The predicted molar refractivity (Wildman–Crippen MR) is 116 cm³/mol. The Morgan fingerprint density at radius 1 is 1.16 bits per heavy atom. The monoisotopic (exact) mass is 441 g/mol. The summed E-state index contributed by atoms with van der Waals surface area (Å²) in [6.07, 6.45) is 1.46. The number of hydrogen-bond acceptors (Lipinski definition) is 6. The van der Waals surface area contributed by atoms with Crippen LogP contribution in [0.15, 0.2) is 42.6 Å². The molecular formula is C21H17ClFN5O3. The number of pyridine rings is 1. The van der Waals surface area contributed by atoms with Crippen LogP contribution in [0, 0.1) is 12.7 Å². The lowest BCUT2D eigenvalue weighted by Gasteiger charge is -2.14. The fraction of sp³-hybridized carbons (Fsp3) is 0.0952. The fourth-order valence-electron chi connectivity index (χ4n) is 3.17. The molecule has 158 valence electrons.